The Hall–Kier alpha value is -2.82. The highest BCUT2D eigenvalue weighted by atomic mass is 16.6. The molecular weight excluding hydrogens is 342 g/mol. The van der Waals surface area contributed by atoms with Crippen LogP contribution < -0.4 is 10.1 Å². The number of aryl methyl sites for hydroxylation is 2. The molecule has 1 N–H and O–H groups in total. The first kappa shape index (κ1) is 20.5. The Kier molecular flexibility index (Phi) is 7.41. The Balaban J connectivity index is 1.79. The van der Waals surface area contributed by atoms with Crippen LogP contribution in [0.4, 0.5) is 5.69 Å². The van der Waals surface area contributed by atoms with Crippen molar-refractivity contribution >= 4 is 17.6 Å². The van der Waals surface area contributed by atoms with Crippen molar-refractivity contribution in [2.45, 2.75) is 40.0 Å². The van der Waals surface area contributed by atoms with Crippen LogP contribution in [-0.2, 0) is 20.7 Å². The normalized spacial score (nSPS) is 10.6. The summed E-state index contributed by atoms with van der Waals surface area (Å²) in [6.07, 6.45) is 0.805. The number of anilines is 1. The maximum absolute atomic E-state index is 12.0. The van der Waals surface area contributed by atoms with Gasteiger partial charge in [0.1, 0.15) is 5.75 Å². The number of carbonyl (C=O) groups is 2. The van der Waals surface area contributed by atoms with Crippen LogP contribution in [0.25, 0.3) is 0 Å². The van der Waals surface area contributed by atoms with Crippen molar-refractivity contribution < 1.29 is 19.1 Å². The van der Waals surface area contributed by atoms with Gasteiger partial charge in [0.25, 0.3) is 5.91 Å². The van der Waals surface area contributed by atoms with Gasteiger partial charge in [-0.3, -0.25) is 4.79 Å². The van der Waals surface area contributed by atoms with Gasteiger partial charge in [0.2, 0.25) is 0 Å². The zero-order valence-corrected chi connectivity index (χ0v) is 16.4. The van der Waals surface area contributed by atoms with Crippen molar-refractivity contribution in [1.29, 1.82) is 0 Å². The molecule has 0 saturated heterocycles. The van der Waals surface area contributed by atoms with E-state index in [2.05, 4.69) is 19.2 Å². The number of carbonyl (C=O) groups excluding carboxylic acids is 2. The molecule has 0 aliphatic heterocycles. The molecule has 0 aliphatic carbocycles. The Morgan fingerprint density at radius 2 is 1.81 bits per heavy atom. The lowest BCUT2D eigenvalue weighted by Gasteiger charge is -2.12. The molecule has 0 fully saturated rings. The number of para-hydroxylation sites is 1. The molecule has 0 bridgehead atoms. The van der Waals surface area contributed by atoms with Crippen LogP contribution in [0.1, 0.15) is 43.4 Å². The minimum Gasteiger partial charge on any atom is -0.482 e. The molecule has 5 nitrogen and oxygen atoms in total. The van der Waals surface area contributed by atoms with E-state index in [0.29, 0.717) is 11.7 Å². The lowest BCUT2D eigenvalue weighted by Crippen LogP contribution is -2.24. The van der Waals surface area contributed by atoms with Crippen molar-refractivity contribution in [1.82, 2.24) is 0 Å². The molecule has 0 saturated carbocycles. The molecule has 0 unspecified atom stereocenters. The fourth-order valence-corrected chi connectivity index (χ4v) is 2.85. The summed E-state index contributed by atoms with van der Waals surface area (Å²) in [5.74, 6) is 0.0800. The summed E-state index contributed by atoms with van der Waals surface area (Å²) in [5, 5.41) is 2.76. The van der Waals surface area contributed by atoms with Crippen molar-refractivity contribution in [3.05, 3.63) is 59.2 Å². The number of benzene rings is 2. The van der Waals surface area contributed by atoms with Crippen molar-refractivity contribution in [3.8, 4) is 5.75 Å². The Morgan fingerprint density at radius 3 is 2.48 bits per heavy atom. The molecule has 0 heterocycles. The Bertz CT molecular complexity index is 799. The zero-order valence-electron chi connectivity index (χ0n) is 16.4. The smallest absolute Gasteiger partial charge is 0.344 e. The largest absolute Gasteiger partial charge is 0.482 e. The fourth-order valence-electron chi connectivity index (χ4n) is 2.85. The van der Waals surface area contributed by atoms with E-state index in [4.69, 9.17) is 9.47 Å². The topological polar surface area (TPSA) is 64.6 Å². The maximum atomic E-state index is 12.0. The van der Waals surface area contributed by atoms with Gasteiger partial charge in [-0.15, -0.1) is 0 Å². The minimum absolute atomic E-state index is 0.237. The molecule has 5 heteroatoms. The molecule has 27 heavy (non-hydrogen) atoms. The third kappa shape index (κ3) is 6.13. The van der Waals surface area contributed by atoms with Crippen LogP contribution in [0.2, 0.25) is 0 Å². The first-order valence-electron chi connectivity index (χ1n) is 9.17. The average Bonchev–Trinajstić information content (AvgIpc) is 2.65. The first-order valence-corrected chi connectivity index (χ1v) is 9.17. The second-order valence-corrected chi connectivity index (χ2v) is 6.68. The van der Waals surface area contributed by atoms with Gasteiger partial charge in [-0.2, -0.15) is 0 Å². The van der Waals surface area contributed by atoms with Crippen molar-refractivity contribution in [2.75, 3.05) is 18.5 Å². The molecular formula is C22H27NO4. The predicted octanol–water partition coefficient (Wildman–Crippen LogP) is 4.24. The van der Waals surface area contributed by atoms with Gasteiger partial charge in [-0.25, -0.2) is 4.79 Å². The number of ether oxygens (including phenoxy) is 2. The number of esters is 1. The Labute approximate surface area is 160 Å². The lowest BCUT2D eigenvalue weighted by molar-refractivity contribution is -0.149. The molecule has 0 radical (unpaired) electrons. The molecule has 144 valence electrons. The number of amides is 1. The van der Waals surface area contributed by atoms with Gasteiger partial charge in [0.05, 0.1) is 0 Å². The van der Waals surface area contributed by atoms with E-state index >= 15 is 0 Å². The van der Waals surface area contributed by atoms with Gasteiger partial charge in [-0.05, 0) is 54.2 Å². The second-order valence-electron chi connectivity index (χ2n) is 6.68. The van der Waals surface area contributed by atoms with Crippen LogP contribution in [0.15, 0.2) is 42.5 Å². The standard InChI is InChI=1S/C22H27NO4/c1-5-17-8-6-7-9-20(17)23-21(24)13-27-22(25)14-26-18-10-11-19(15(2)3)16(4)12-18/h6-12,15H,5,13-14H2,1-4H3,(H,23,24). The van der Waals surface area contributed by atoms with Gasteiger partial charge in [0, 0.05) is 5.69 Å². The average molecular weight is 369 g/mol. The van der Waals surface area contributed by atoms with Crippen LogP contribution in [0.3, 0.4) is 0 Å². The highest BCUT2D eigenvalue weighted by Gasteiger charge is 2.11. The molecule has 2 rings (SSSR count). The summed E-state index contributed by atoms with van der Waals surface area (Å²) in [4.78, 5) is 23.8. The maximum Gasteiger partial charge on any atom is 0.344 e. The summed E-state index contributed by atoms with van der Waals surface area (Å²) in [6.45, 7) is 7.70. The van der Waals surface area contributed by atoms with Gasteiger partial charge < -0.3 is 14.8 Å². The third-order valence-electron chi connectivity index (χ3n) is 4.26. The van der Waals surface area contributed by atoms with E-state index in [9.17, 15) is 9.59 Å². The number of hydrogen-bond acceptors (Lipinski definition) is 4. The monoisotopic (exact) mass is 369 g/mol. The van der Waals surface area contributed by atoms with Crippen molar-refractivity contribution in [3.63, 3.8) is 0 Å². The summed E-state index contributed by atoms with van der Waals surface area (Å²) >= 11 is 0. The molecule has 2 aromatic rings. The van der Waals surface area contributed by atoms with E-state index in [0.717, 1.165) is 23.2 Å². The lowest BCUT2D eigenvalue weighted by atomic mass is 9.98. The van der Waals surface area contributed by atoms with Gasteiger partial charge in [-0.1, -0.05) is 45.0 Å². The summed E-state index contributed by atoms with van der Waals surface area (Å²) in [6, 6.07) is 13.3. The van der Waals surface area contributed by atoms with Crippen LogP contribution >= 0.6 is 0 Å². The highest BCUT2D eigenvalue weighted by molar-refractivity contribution is 5.93. The van der Waals surface area contributed by atoms with Crippen LogP contribution in [0.5, 0.6) is 5.75 Å². The fraction of sp³-hybridized carbons (Fsp3) is 0.364. The van der Waals surface area contributed by atoms with Crippen molar-refractivity contribution in [2.24, 2.45) is 0 Å². The number of rotatable bonds is 8. The zero-order chi connectivity index (χ0) is 19.8. The molecule has 0 aliphatic rings. The number of hydrogen-bond donors (Lipinski definition) is 1. The van der Waals surface area contributed by atoms with Gasteiger partial charge >= 0.3 is 5.97 Å². The SMILES string of the molecule is CCc1ccccc1NC(=O)COC(=O)COc1ccc(C(C)C)c(C)c1. The van der Waals surface area contributed by atoms with E-state index in [1.54, 1.807) is 0 Å². The predicted molar refractivity (Wildman–Crippen MR) is 106 cm³/mol. The second kappa shape index (κ2) is 9.76. The third-order valence-corrected chi connectivity index (χ3v) is 4.26. The molecule has 0 aromatic heterocycles. The first-order chi connectivity index (χ1) is 12.9. The van der Waals surface area contributed by atoms with E-state index in [1.807, 2.05) is 56.3 Å². The molecule has 0 atom stereocenters. The van der Waals surface area contributed by atoms with Crippen LogP contribution in [0, 0.1) is 6.92 Å². The van der Waals surface area contributed by atoms with Crippen LogP contribution in [-0.4, -0.2) is 25.1 Å². The molecule has 0 spiro atoms. The van der Waals surface area contributed by atoms with E-state index in [-0.39, 0.29) is 19.1 Å². The summed E-state index contributed by atoms with van der Waals surface area (Å²) in [7, 11) is 0. The quantitative estimate of drug-likeness (QED) is 0.707. The summed E-state index contributed by atoms with van der Waals surface area (Å²) < 4.78 is 10.5. The highest BCUT2D eigenvalue weighted by Crippen LogP contribution is 2.23. The van der Waals surface area contributed by atoms with E-state index in [1.165, 1.54) is 5.56 Å². The molecule has 1 amide bonds. The minimum atomic E-state index is -0.584. The summed E-state index contributed by atoms with van der Waals surface area (Å²) in [5.41, 5.74) is 4.12. The number of nitrogens with one attached hydrogen (secondary N) is 1. The van der Waals surface area contributed by atoms with Gasteiger partial charge in [0.15, 0.2) is 13.2 Å². The Morgan fingerprint density at radius 1 is 1.07 bits per heavy atom. The van der Waals surface area contributed by atoms with E-state index < -0.39 is 5.97 Å². The molecule has 2 aromatic carbocycles.